The van der Waals surface area contributed by atoms with Gasteiger partial charge in [0.2, 0.25) is 0 Å². The number of aromatic nitrogens is 1. The summed E-state index contributed by atoms with van der Waals surface area (Å²) in [4.78, 5) is 18.1. The first kappa shape index (κ1) is 16.7. The van der Waals surface area contributed by atoms with E-state index < -0.39 is 5.60 Å². The van der Waals surface area contributed by atoms with Gasteiger partial charge in [-0.25, -0.2) is 4.79 Å². The smallest absolute Gasteiger partial charge is 0.410 e. The molecule has 0 aliphatic carbocycles. The van der Waals surface area contributed by atoms with Crippen molar-refractivity contribution in [3.05, 3.63) is 29.6 Å². The predicted octanol–water partition coefficient (Wildman–Crippen LogP) is 2.15. The molecule has 1 amide bonds. The van der Waals surface area contributed by atoms with Crippen molar-refractivity contribution in [1.29, 1.82) is 0 Å². The highest BCUT2D eigenvalue weighted by molar-refractivity contribution is 5.68. The van der Waals surface area contributed by atoms with Crippen LogP contribution >= 0.6 is 0 Å². The van der Waals surface area contributed by atoms with Gasteiger partial charge in [-0.05, 0) is 51.2 Å². The van der Waals surface area contributed by atoms with Crippen molar-refractivity contribution >= 4 is 6.09 Å². The van der Waals surface area contributed by atoms with Crippen LogP contribution < -0.4 is 11.3 Å². The monoisotopic (exact) mass is 306 g/mol. The molecule has 0 bridgehead atoms. The maximum Gasteiger partial charge on any atom is 0.410 e. The third-order valence-electron chi connectivity index (χ3n) is 3.78. The second-order valence-corrected chi connectivity index (χ2v) is 6.92. The van der Waals surface area contributed by atoms with Gasteiger partial charge in [-0.1, -0.05) is 6.07 Å². The van der Waals surface area contributed by atoms with Crippen molar-refractivity contribution < 1.29 is 9.53 Å². The lowest BCUT2D eigenvalue weighted by Crippen LogP contribution is -2.38. The number of carbonyl (C=O) groups excluding carboxylic acids is 1. The number of hydrogen-bond donors (Lipinski definition) is 2. The average molecular weight is 306 g/mol. The first-order chi connectivity index (χ1) is 10.3. The van der Waals surface area contributed by atoms with Crippen molar-refractivity contribution in [2.24, 2.45) is 11.8 Å². The number of amides is 1. The van der Waals surface area contributed by atoms with Crippen molar-refractivity contribution in [3.8, 4) is 0 Å². The molecule has 0 saturated carbocycles. The number of nitrogens with zero attached hydrogens (tertiary/aromatic N) is 2. The van der Waals surface area contributed by atoms with Gasteiger partial charge in [-0.3, -0.25) is 16.3 Å². The Balaban J connectivity index is 2.03. The lowest BCUT2D eigenvalue weighted by Gasteiger charge is -2.26. The fraction of sp³-hybridized carbons (Fsp3) is 0.625. The molecule has 2 atom stereocenters. The number of rotatable bonds is 3. The largest absolute Gasteiger partial charge is 0.444 e. The summed E-state index contributed by atoms with van der Waals surface area (Å²) < 4.78 is 5.43. The summed E-state index contributed by atoms with van der Waals surface area (Å²) in [5.74, 6) is 6.00. The Labute approximate surface area is 132 Å². The lowest BCUT2D eigenvalue weighted by molar-refractivity contribution is 0.0285. The van der Waals surface area contributed by atoms with Gasteiger partial charge in [0.15, 0.2) is 0 Å². The molecule has 1 aromatic rings. The van der Waals surface area contributed by atoms with E-state index in [9.17, 15) is 4.79 Å². The van der Waals surface area contributed by atoms with Crippen LogP contribution in [0, 0.1) is 12.8 Å². The number of hydrogen-bond acceptors (Lipinski definition) is 5. The van der Waals surface area contributed by atoms with Gasteiger partial charge >= 0.3 is 6.09 Å². The molecule has 6 heteroatoms. The Hall–Kier alpha value is -1.66. The summed E-state index contributed by atoms with van der Waals surface area (Å²) in [5, 5.41) is 0. The Kier molecular flexibility index (Phi) is 5.03. The highest BCUT2D eigenvalue weighted by Crippen LogP contribution is 2.30. The summed E-state index contributed by atoms with van der Waals surface area (Å²) in [5.41, 5.74) is 4.56. The molecule has 1 saturated heterocycles. The fourth-order valence-electron chi connectivity index (χ4n) is 2.80. The van der Waals surface area contributed by atoms with E-state index in [1.165, 1.54) is 0 Å². The average Bonchev–Trinajstić information content (AvgIpc) is 2.87. The molecular weight excluding hydrogens is 280 g/mol. The standard InChI is InChI=1S/C16H26N4O2/c1-11-7-13(9-18-8-11)14(19-17)12-5-6-20(10-12)15(21)22-16(2,3)4/h7-9,12,14,19H,5-6,10,17H2,1-4H3. The number of carbonyl (C=O) groups is 1. The van der Waals surface area contributed by atoms with Gasteiger partial charge in [0.25, 0.3) is 0 Å². The Morgan fingerprint density at radius 2 is 2.23 bits per heavy atom. The van der Waals surface area contributed by atoms with E-state index in [2.05, 4.69) is 16.5 Å². The van der Waals surface area contributed by atoms with E-state index in [0.29, 0.717) is 13.1 Å². The van der Waals surface area contributed by atoms with Gasteiger partial charge in [-0.2, -0.15) is 0 Å². The summed E-state index contributed by atoms with van der Waals surface area (Å²) >= 11 is 0. The van der Waals surface area contributed by atoms with Crippen LogP contribution in [-0.4, -0.2) is 34.7 Å². The molecule has 1 fully saturated rings. The maximum atomic E-state index is 12.1. The van der Waals surface area contributed by atoms with Gasteiger partial charge in [-0.15, -0.1) is 0 Å². The molecule has 122 valence electrons. The van der Waals surface area contributed by atoms with Gasteiger partial charge in [0.1, 0.15) is 5.60 Å². The lowest BCUT2D eigenvalue weighted by atomic mass is 9.93. The molecular formula is C16H26N4O2. The molecule has 1 aliphatic heterocycles. The maximum absolute atomic E-state index is 12.1. The number of nitrogens with two attached hydrogens (primary N) is 1. The van der Waals surface area contributed by atoms with Crippen LogP contribution in [0.5, 0.6) is 0 Å². The third-order valence-corrected chi connectivity index (χ3v) is 3.78. The van der Waals surface area contributed by atoms with Crippen molar-refractivity contribution in [3.63, 3.8) is 0 Å². The predicted molar refractivity (Wildman–Crippen MR) is 85.0 cm³/mol. The number of ether oxygens (including phenoxy) is 1. The highest BCUT2D eigenvalue weighted by Gasteiger charge is 2.34. The minimum Gasteiger partial charge on any atom is -0.444 e. The molecule has 2 rings (SSSR count). The van der Waals surface area contributed by atoms with E-state index in [4.69, 9.17) is 10.6 Å². The van der Waals surface area contributed by atoms with Crippen LogP contribution in [-0.2, 0) is 4.74 Å². The Morgan fingerprint density at radius 1 is 1.50 bits per heavy atom. The zero-order valence-electron chi connectivity index (χ0n) is 13.8. The molecule has 0 aromatic carbocycles. The molecule has 6 nitrogen and oxygen atoms in total. The third kappa shape index (κ3) is 4.18. The normalized spacial score (nSPS) is 20.0. The van der Waals surface area contributed by atoms with Gasteiger partial charge in [0.05, 0.1) is 6.04 Å². The van der Waals surface area contributed by atoms with E-state index in [1.807, 2.05) is 40.1 Å². The van der Waals surface area contributed by atoms with E-state index in [-0.39, 0.29) is 18.1 Å². The minimum absolute atomic E-state index is 0.0140. The highest BCUT2D eigenvalue weighted by atomic mass is 16.6. The molecule has 1 aliphatic rings. The van der Waals surface area contributed by atoms with Crippen molar-refractivity contribution in [2.45, 2.75) is 45.8 Å². The summed E-state index contributed by atoms with van der Waals surface area (Å²) in [6.07, 6.45) is 4.28. The van der Waals surface area contributed by atoms with E-state index in [0.717, 1.165) is 17.5 Å². The summed E-state index contributed by atoms with van der Waals surface area (Å²) in [6, 6.07) is 2.06. The molecule has 3 N–H and O–H groups in total. The molecule has 2 unspecified atom stereocenters. The number of likely N-dealkylation sites (tertiary alicyclic amines) is 1. The zero-order valence-corrected chi connectivity index (χ0v) is 13.8. The van der Waals surface area contributed by atoms with E-state index in [1.54, 1.807) is 4.90 Å². The molecule has 2 heterocycles. The molecule has 22 heavy (non-hydrogen) atoms. The SMILES string of the molecule is Cc1cncc(C(NN)C2CCN(C(=O)OC(C)(C)C)C2)c1. The first-order valence-electron chi connectivity index (χ1n) is 7.66. The number of hydrazine groups is 1. The fourth-order valence-corrected chi connectivity index (χ4v) is 2.80. The van der Waals surface area contributed by atoms with Crippen LogP contribution in [0.2, 0.25) is 0 Å². The first-order valence-corrected chi connectivity index (χ1v) is 7.66. The topological polar surface area (TPSA) is 80.5 Å². The van der Waals surface area contributed by atoms with Crippen LogP contribution in [0.3, 0.4) is 0 Å². The zero-order chi connectivity index (χ0) is 16.3. The van der Waals surface area contributed by atoms with E-state index >= 15 is 0 Å². The summed E-state index contributed by atoms with van der Waals surface area (Å²) in [6.45, 7) is 8.96. The Morgan fingerprint density at radius 3 is 2.82 bits per heavy atom. The van der Waals surface area contributed by atoms with Crippen LogP contribution in [0.4, 0.5) is 4.79 Å². The number of nitrogens with one attached hydrogen (secondary N) is 1. The second kappa shape index (κ2) is 6.62. The van der Waals surface area contributed by atoms with Gasteiger partial charge < -0.3 is 9.64 Å². The minimum atomic E-state index is -0.471. The Bertz CT molecular complexity index is 527. The number of pyridine rings is 1. The van der Waals surface area contributed by atoms with Crippen molar-refractivity contribution in [2.75, 3.05) is 13.1 Å². The summed E-state index contributed by atoms with van der Waals surface area (Å²) in [7, 11) is 0. The molecule has 0 radical (unpaired) electrons. The molecule has 0 spiro atoms. The molecule has 1 aromatic heterocycles. The van der Waals surface area contributed by atoms with Crippen LogP contribution in [0.15, 0.2) is 18.5 Å². The quantitative estimate of drug-likeness (QED) is 0.660. The number of aryl methyl sites for hydroxylation is 1. The van der Waals surface area contributed by atoms with Crippen LogP contribution in [0.1, 0.15) is 44.4 Å². The second-order valence-electron chi connectivity index (χ2n) is 6.92. The van der Waals surface area contributed by atoms with Crippen LogP contribution in [0.25, 0.3) is 0 Å². The van der Waals surface area contributed by atoms with Gasteiger partial charge in [0, 0.05) is 25.5 Å². The van der Waals surface area contributed by atoms with Crippen molar-refractivity contribution in [1.82, 2.24) is 15.3 Å².